The van der Waals surface area contributed by atoms with Crippen molar-refractivity contribution in [3.05, 3.63) is 33.4 Å². The molecule has 14 heavy (non-hydrogen) atoms. The van der Waals surface area contributed by atoms with E-state index in [1.165, 1.54) is 0 Å². The lowest BCUT2D eigenvalue weighted by molar-refractivity contribution is 1.36. The quantitative estimate of drug-likeness (QED) is 0.796. The summed E-state index contributed by atoms with van der Waals surface area (Å²) in [5.74, 6) is 0. The number of anilines is 1. The van der Waals surface area contributed by atoms with E-state index in [4.69, 9.17) is 17.3 Å². The van der Waals surface area contributed by atoms with Gasteiger partial charge in [0, 0.05) is 9.86 Å². The maximum absolute atomic E-state index is 6.08. The summed E-state index contributed by atoms with van der Waals surface area (Å²) in [5, 5.41) is 1.46. The Kier molecular flexibility index (Phi) is 2.37. The standard InChI is InChI=1S/C10H8BrClN2/c1-5-2-6(11)3-7-9(12)8(13)4-14-10(5)7/h2-4H,13H2,1H3. The van der Waals surface area contributed by atoms with E-state index in [0.717, 1.165) is 20.9 Å². The first-order valence-electron chi connectivity index (χ1n) is 4.09. The van der Waals surface area contributed by atoms with Crippen LogP contribution in [-0.4, -0.2) is 4.98 Å². The van der Waals surface area contributed by atoms with Crippen molar-refractivity contribution in [3.8, 4) is 0 Å². The number of benzene rings is 1. The van der Waals surface area contributed by atoms with E-state index in [1.807, 2.05) is 19.1 Å². The van der Waals surface area contributed by atoms with Gasteiger partial charge in [-0.3, -0.25) is 4.98 Å². The molecule has 0 atom stereocenters. The molecule has 2 N–H and O–H groups in total. The Morgan fingerprint density at radius 3 is 2.86 bits per heavy atom. The fraction of sp³-hybridized carbons (Fsp3) is 0.100. The summed E-state index contributed by atoms with van der Waals surface area (Å²) in [5.41, 5.74) is 8.16. The summed E-state index contributed by atoms with van der Waals surface area (Å²) in [4.78, 5) is 4.25. The third-order valence-corrected chi connectivity index (χ3v) is 2.97. The predicted octanol–water partition coefficient (Wildman–Crippen LogP) is 3.54. The molecule has 0 fully saturated rings. The van der Waals surface area contributed by atoms with Gasteiger partial charge < -0.3 is 5.73 Å². The number of aromatic nitrogens is 1. The average Bonchev–Trinajstić information content (AvgIpc) is 2.12. The van der Waals surface area contributed by atoms with Crippen LogP contribution >= 0.6 is 27.5 Å². The smallest absolute Gasteiger partial charge is 0.0748 e. The van der Waals surface area contributed by atoms with Gasteiger partial charge in [0.1, 0.15) is 0 Å². The first-order chi connectivity index (χ1) is 6.59. The molecular weight excluding hydrogens is 263 g/mol. The van der Waals surface area contributed by atoms with Gasteiger partial charge in [-0.15, -0.1) is 0 Å². The number of halogens is 2. The van der Waals surface area contributed by atoms with E-state index in [-0.39, 0.29) is 0 Å². The summed E-state index contributed by atoms with van der Waals surface area (Å²) < 4.78 is 0.983. The largest absolute Gasteiger partial charge is 0.396 e. The second-order valence-corrected chi connectivity index (χ2v) is 4.44. The zero-order chi connectivity index (χ0) is 10.3. The molecule has 2 aromatic rings. The van der Waals surface area contributed by atoms with Gasteiger partial charge in [0.25, 0.3) is 0 Å². The molecule has 0 unspecified atom stereocenters. The second-order valence-electron chi connectivity index (χ2n) is 3.15. The number of hydrogen-bond acceptors (Lipinski definition) is 2. The Balaban J connectivity index is 2.95. The van der Waals surface area contributed by atoms with Crippen molar-refractivity contribution in [2.75, 3.05) is 5.73 Å². The van der Waals surface area contributed by atoms with Crippen molar-refractivity contribution < 1.29 is 0 Å². The number of nitrogen functional groups attached to an aromatic ring is 1. The Morgan fingerprint density at radius 2 is 2.14 bits per heavy atom. The predicted molar refractivity (Wildman–Crippen MR) is 63.6 cm³/mol. The maximum Gasteiger partial charge on any atom is 0.0748 e. The Bertz CT molecular complexity index is 511. The minimum absolute atomic E-state index is 0.511. The molecule has 0 bridgehead atoms. The highest BCUT2D eigenvalue weighted by molar-refractivity contribution is 9.10. The van der Waals surface area contributed by atoms with Crippen LogP contribution in [0.3, 0.4) is 0 Å². The highest BCUT2D eigenvalue weighted by Gasteiger charge is 2.07. The zero-order valence-electron chi connectivity index (χ0n) is 7.51. The molecule has 1 heterocycles. The van der Waals surface area contributed by atoms with Crippen LogP contribution in [-0.2, 0) is 0 Å². The molecule has 0 saturated heterocycles. The third kappa shape index (κ3) is 1.47. The molecule has 4 heteroatoms. The van der Waals surface area contributed by atoms with E-state index >= 15 is 0 Å². The SMILES string of the molecule is Cc1cc(Br)cc2c(Cl)c(N)cnc12. The highest BCUT2D eigenvalue weighted by atomic mass is 79.9. The summed E-state index contributed by atoms with van der Waals surface area (Å²) in [6, 6.07) is 3.93. The number of aryl methyl sites for hydroxylation is 1. The topological polar surface area (TPSA) is 38.9 Å². The second kappa shape index (κ2) is 3.41. The summed E-state index contributed by atoms with van der Waals surface area (Å²) in [6.45, 7) is 1.99. The molecule has 1 aromatic heterocycles. The van der Waals surface area contributed by atoms with Crippen LogP contribution in [0.5, 0.6) is 0 Å². The lowest BCUT2D eigenvalue weighted by Gasteiger charge is -2.06. The molecule has 0 aliphatic heterocycles. The Hall–Kier alpha value is -0.800. The molecule has 0 spiro atoms. The van der Waals surface area contributed by atoms with Crippen LogP contribution in [0.15, 0.2) is 22.8 Å². The van der Waals surface area contributed by atoms with Gasteiger partial charge in [0.2, 0.25) is 0 Å². The van der Waals surface area contributed by atoms with Crippen molar-refractivity contribution in [2.45, 2.75) is 6.92 Å². The number of nitrogens with zero attached hydrogens (tertiary/aromatic N) is 1. The molecule has 2 nitrogen and oxygen atoms in total. The highest BCUT2D eigenvalue weighted by Crippen LogP contribution is 2.31. The van der Waals surface area contributed by atoms with E-state index in [2.05, 4.69) is 20.9 Å². The van der Waals surface area contributed by atoms with Crippen molar-refractivity contribution in [2.24, 2.45) is 0 Å². The molecule has 0 saturated carbocycles. The van der Waals surface area contributed by atoms with Gasteiger partial charge in [0.15, 0.2) is 0 Å². The summed E-state index contributed by atoms with van der Waals surface area (Å²) >= 11 is 9.50. The molecule has 0 radical (unpaired) electrons. The van der Waals surface area contributed by atoms with E-state index in [9.17, 15) is 0 Å². The lowest BCUT2D eigenvalue weighted by Crippen LogP contribution is -1.91. The average molecular weight is 272 g/mol. The molecule has 0 amide bonds. The fourth-order valence-electron chi connectivity index (χ4n) is 1.42. The van der Waals surface area contributed by atoms with Gasteiger partial charge in [-0.25, -0.2) is 0 Å². The van der Waals surface area contributed by atoms with Crippen LogP contribution in [0.4, 0.5) is 5.69 Å². The lowest BCUT2D eigenvalue weighted by atomic mass is 10.1. The maximum atomic E-state index is 6.08. The van der Waals surface area contributed by atoms with Crippen molar-refractivity contribution >= 4 is 44.1 Å². The van der Waals surface area contributed by atoms with E-state index in [0.29, 0.717) is 10.7 Å². The minimum atomic E-state index is 0.511. The van der Waals surface area contributed by atoms with Crippen molar-refractivity contribution in [1.29, 1.82) is 0 Å². The molecule has 0 aliphatic carbocycles. The van der Waals surface area contributed by atoms with Gasteiger partial charge >= 0.3 is 0 Å². The molecule has 1 aromatic carbocycles. The molecule has 2 rings (SSSR count). The van der Waals surface area contributed by atoms with Crippen molar-refractivity contribution in [3.63, 3.8) is 0 Å². The zero-order valence-corrected chi connectivity index (χ0v) is 9.85. The van der Waals surface area contributed by atoms with Gasteiger partial charge in [0.05, 0.1) is 22.4 Å². The Labute approximate surface area is 95.2 Å². The number of pyridine rings is 1. The number of hydrogen-bond donors (Lipinski definition) is 1. The van der Waals surface area contributed by atoms with Crippen molar-refractivity contribution in [1.82, 2.24) is 4.98 Å². The molecule has 0 aliphatic rings. The van der Waals surface area contributed by atoms with Gasteiger partial charge in [-0.05, 0) is 24.6 Å². The minimum Gasteiger partial charge on any atom is -0.396 e. The number of nitrogens with two attached hydrogens (primary N) is 1. The Morgan fingerprint density at radius 1 is 1.43 bits per heavy atom. The van der Waals surface area contributed by atoms with Crippen LogP contribution in [0.25, 0.3) is 10.9 Å². The molecule has 72 valence electrons. The van der Waals surface area contributed by atoms with Gasteiger partial charge in [-0.2, -0.15) is 0 Å². The number of fused-ring (bicyclic) bond motifs is 1. The van der Waals surface area contributed by atoms with Crippen LogP contribution < -0.4 is 5.73 Å². The monoisotopic (exact) mass is 270 g/mol. The van der Waals surface area contributed by atoms with Crippen LogP contribution in [0.1, 0.15) is 5.56 Å². The summed E-state index contributed by atoms with van der Waals surface area (Å²) in [7, 11) is 0. The first kappa shape index (κ1) is 9.74. The van der Waals surface area contributed by atoms with Crippen LogP contribution in [0, 0.1) is 6.92 Å². The first-order valence-corrected chi connectivity index (χ1v) is 5.26. The van der Waals surface area contributed by atoms with E-state index < -0.39 is 0 Å². The summed E-state index contributed by atoms with van der Waals surface area (Å²) in [6.07, 6.45) is 1.59. The fourth-order valence-corrected chi connectivity index (χ4v) is 2.19. The van der Waals surface area contributed by atoms with E-state index in [1.54, 1.807) is 6.20 Å². The normalized spacial score (nSPS) is 10.8. The third-order valence-electron chi connectivity index (χ3n) is 2.09. The molecular formula is C10H8BrClN2. The van der Waals surface area contributed by atoms with Crippen LogP contribution in [0.2, 0.25) is 5.02 Å². The number of rotatable bonds is 0. The van der Waals surface area contributed by atoms with Gasteiger partial charge in [-0.1, -0.05) is 27.5 Å².